The van der Waals surface area contributed by atoms with Gasteiger partial charge in [-0.15, -0.1) is 0 Å². The first kappa shape index (κ1) is 19.0. The van der Waals surface area contributed by atoms with Crippen molar-refractivity contribution in [2.24, 2.45) is 10.7 Å². The number of nitrogens with two attached hydrogens (primary N) is 1. The molecule has 7 heteroatoms. The maximum atomic E-state index is 11.0. The zero-order chi connectivity index (χ0) is 17.4. The maximum absolute atomic E-state index is 11.0. The fourth-order valence-electron chi connectivity index (χ4n) is 3.56. The SMILES string of the molecule is CCNC(=NCC1(O)CCCCC1)NC1CCN(CC(N)=O)CC1. The summed E-state index contributed by atoms with van der Waals surface area (Å²) in [5, 5.41) is 17.3. The normalized spacial score (nSPS) is 23.0. The molecule has 1 saturated heterocycles. The van der Waals surface area contributed by atoms with Gasteiger partial charge < -0.3 is 21.5 Å². The Morgan fingerprint density at radius 2 is 1.96 bits per heavy atom. The molecule has 5 N–H and O–H groups in total. The molecule has 0 aromatic rings. The first-order chi connectivity index (χ1) is 11.5. The molecule has 0 spiro atoms. The van der Waals surface area contributed by atoms with Gasteiger partial charge in [-0.05, 0) is 32.6 Å². The van der Waals surface area contributed by atoms with Gasteiger partial charge in [0.15, 0.2) is 5.96 Å². The summed E-state index contributed by atoms with van der Waals surface area (Å²) in [6, 6.07) is 0.341. The summed E-state index contributed by atoms with van der Waals surface area (Å²) in [5.74, 6) is 0.516. The molecule has 24 heavy (non-hydrogen) atoms. The molecule has 7 nitrogen and oxygen atoms in total. The van der Waals surface area contributed by atoms with E-state index in [9.17, 15) is 9.90 Å². The summed E-state index contributed by atoms with van der Waals surface area (Å²) in [5.41, 5.74) is 4.62. The number of carbonyl (C=O) groups is 1. The van der Waals surface area contributed by atoms with Crippen LogP contribution in [-0.4, -0.2) is 66.2 Å². The largest absolute Gasteiger partial charge is 0.388 e. The van der Waals surface area contributed by atoms with Crippen LogP contribution in [0.5, 0.6) is 0 Å². The quantitative estimate of drug-likeness (QED) is 0.408. The molecule has 0 radical (unpaired) electrons. The van der Waals surface area contributed by atoms with Gasteiger partial charge in [0.2, 0.25) is 5.91 Å². The third kappa shape index (κ3) is 6.28. The zero-order valence-electron chi connectivity index (χ0n) is 14.9. The highest BCUT2D eigenvalue weighted by molar-refractivity contribution is 5.80. The van der Waals surface area contributed by atoms with E-state index < -0.39 is 5.60 Å². The summed E-state index contributed by atoms with van der Waals surface area (Å²) in [6.45, 7) is 5.37. The zero-order valence-corrected chi connectivity index (χ0v) is 14.9. The van der Waals surface area contributed by atoms with Gasteiger partial charge in [0.05, 0.1) is 18.7 Å². The summed E-state index contributed by atoms with van der Waals surface area (Å²) >= 11 is 0. The van der Waals surface area contributed by atoms with Gasteiger partial charge in [0, 0.05) is 25.7 Å². The number of rotatable bonds is 6. The lowest BCUT2D eigenvalue weighted by molar-refractivity contribution is -0.119. The smallest absolute Gasteiger partial charge is 0.231 e. The summed E-state index contributed by atoms with van der Waals surface area (Å²) in [4.78, 5) is 17.7. The van der Waals surface area contributed by atoms with E-state index in [4.69, 9.17) is 5.73 Å². The van der Waals surface area contributed by atoms with Crippen LogP contribution < -0.4 is 16.4 Å². The van der Waals surface area contributed by atoms with E-state index in [0.717, 1.165) is 64.1 Å². The highest BCUT2D eigenvalue weighted by Crippen LogP contribution is 2.28. The van der Waals surface area contributed by atoms with Crippen LogP contribution in [0.2, 0.25) is 0 Å². The molecule has 1 aliphatic heterocycles. The Labute approximate surface area is 145 Å². The lowest BCUT2D eigenvalue weighted by Gasteiger charge is -2.33. The molecule has 1 heterocycles. The van der Waals surface area contributed by atoms with Gasteiger partial charge in [-0.3, -0.25) is 14.7 Å². The Hall–Kier alpha value is -1.34. The first-order valence-electron chi connectivity index (χ1n) is 9.28. The second kappa shape index (κ2) is 9.22. The first-order valence-corrected chi connectivity index (χ1v) is 9.28. The standard InChI is InChI=1S/C17H33N5O2/c1-2-19-16(20-13-17(24)8-4-3-5-9-17)21-14-6-10-22(11-7-14)12-15(18)23/h14,24H,2-13H2,1H3,(H2,18,23)(H2,19,20,21). The van der Waals surface area contributed by atoms with Gasteiger partial charge in [-0.25, -0.2) is 0 Å². The van der Waals surface area contributed by atoms with Crippen molar-refractivity contribution in [3.8, 4) is 0 Å². The average Bonchev–Trinajstić information content (AvgIpc) is 2.55. The van der Waals surface area contributed by atoms with Crippen LogP contribution in [0.15, 0.2) is 4.99 Å². The third-order valence-electron chi connectivity index (χ3n) is 4.97. The van der Waals surface area contributed by atoms with Crippen LogP contribution in [0, 0.1) is 0 Å². The Morgan fingerprint density at radius 3 is 2.54 bits per heavy atom. The molecule has 0 unspecified atom stereocenters. The van der Waals surface area contributed by atoms with Gasteiger partial charge in [0.25, 0.3) is 0 Å². The highest BCUT2D eigenvalue weighted by atomic mass is 16.3. The molecule has 1 aliphatic carbocycles. The second-order valence-electron chi connectivity index (χ2n) is 7.14. The molecule has 2 rings (SSSR count). The van der Waals surface area contributed by atoms with Crippen molar-refractivity contribution >= 4 is 11.9 Å². The van der Waals surface area contributed by atoms with E-state index in [-0.39, 0.29) is 5.91 Å². The van der Waals surface area contributed by atoms with Gasteiger partial charge in [0.1, 0.15) is 0 Å². The minimum Gasteiger partial charge on any atom is -0.388 e. The number of guanidine groups is 1. The number of aliphatic hydroxyl groups is 1. The third-order valence-corrected chi connectivity index (χ3v) is 4.97. The molecule has 1 saturated carbocycles. The molecular formula is C17H33N5O2. The highest BCUT2D eigenvalue weighted by Gasteiger charge is 2.29. The molecule has 2 aliphatic rings. The number of likely N-dealkylation sites (tertiary alicyclic amines) is 1. The summed E-state index contributed by atoms with van der Waals surface area (Å²) in [6.07, 6.45) is 7.02. The monoisotopic (exact) mass is 339 g/mol. The second-order valence-corrected chi connectivity index (χ2v) is 7.14. The Morgan fingerprint density at radius 1 is 1.29 bits per heavy atom. The van der Waals surface area contributed by atoms with Crippen molar-refractivity contribution in [1.29, 1.82) is 0 Å². The number of nitrogens with zero attached hydrogens (tertiary/aromatic N) is 2. The predicted molar refractivity (Wildman–Crippen MR) is 95.8 cm³/mol. The summed E-state index contributed by atoms with van der Waals surface area (Å²) in [7, 11) is 0. The van der Waals surface area contributed by atoms with Gasteiger partial charge in [-0.1, -0.05) is 19.3 Å². The number of aliphatic imine (C=N–C) groups is 1. The van der Waals surface area contributed by atoms with E-state index in [1.807, 2.05) is 6.92 Å². The van der Waals surface area contributed by atoms with Crippen molar-refractivity contribution in [3.05, 3.63) is 0 Å². The number of hydrogen-bond donors (Lipinski definition) is 4. The van der Waals surface area contributed by atoms with Crippen LogP contribution in [-0.2, 0) is 4.79 Å². The predicted octanol–water partition coefficient (Wildman–Crippen LogP) is 0.186. The van der Waals surface area contributed by atoms with Crippen LogP contribution >= 0.6 is 0 Å². The fraction of sp³-hybridized carbons (Fsp3) is 0.882. The van der Waals surface area contributed by atoms with Crippen molar-refractivity contribution in [1.82, 2.24) is 15.5 Å². The van der Waals surface area contributed by atoms with E-state index in [2.05, 4.69) is 20.5 Å². The Balaban J connectivity index is 1.82. The van der Waals surface area contributed by atoms with Crippen LogP contribution in [0.1, 0.15) is 51.9 Å². The molecule has 0 bridgehead atoms. The number of hydrogen-bond acceptors (Lipinski definition) is 4. The number of piperidine rings is 1. The van der Waals surface area contributed by atoms with E-state index >= 15 is 0 Å². The van der Waals surface area contributed by atoms with Gasteiger partial charge >= 0.3 is 0 Å². The van der Waals surface area contributed by atoms with Crippen LogP contribution in [0.25, 0.3) is 0 Å². The van der Waals surface area contributed by atoms with Gasteiger partial charge in [-0.2, -0.15) is 0 Å². The number of amides is 1. The number of carbonyl (C=O) groups excluding carboxylic acids is 1. The topological polar surface area (TPSA) is 103 Å². The molecule has 1 amide bonds. The van der Waals surface area contributed by atoms with E-state index in [1.54, 1.807) is 0 Å². The molecule has 0 aromatic carbocycles. The summed E-state index contributed by atoms with van der Waals surface area (Å²) < 4.78 is 0. The van der Waals surface area contributed by atoms with E-state index in [0.29, 0.717) is 19.1 Å². The van der Waals surface area contributed by atoms with Crippen LogP contribution in [0.4, 0.5) is 0 Å². The minimum atomic E-state index is -0.633. The fourth-order valence-corrected chi connectivity index (χ4v) is 3.56. The minimum absolute atomic E-state index is 0.267. The maximum Gasteiger partial charge on any atom is 0.231 e. The number of nitrogens with one attached hydrogen (secondary N) is 2. The van der Waals surface area contributed by atoms with E-state index in [1.165, 1.54) is 6.42 Å². The molecule has 2 fully saturated rings. The molecule has 0 atom stereocenters. The molecule has 138 valence electrons. The Kier molecular flexibility index (Phi) is 7.30. The molecule has 0 aromatic heterocycles. The number of primary amides is 1. The Bertz CT molecular complexity index is 427. The van der Waals surface area contributed by atoms with Crippen molar-refractivity contribution in [2.75, 3.05) is 32.7 Å². The average molecular weight is 339 g/mol. The van der Waals surface area contributed by atoms with Crippen molar-refractivity contribution in [2.45, 2.75) is 63.5 Å². The lowest BCUT2D eigenvalue weighted by Crippen LogP contribution is -2.50. The molecular weight excluding hydrogens is 306 g/mol. The van der Waals surface area contributed by atoms with Crippen LogP contribution in [0.3, 0.4) is 0 Å². The lowest BCUT2D eigenvalue weighted by atomic mass is 9.85. The van der Waals surface area contributed by atoms with Crippen molar-refractivity contribution in [3.63, 3.8) is 0 Å². The van der Waals surface area contributed by atoms with Crippen molar-refractivity contribution < 1.29 is 9.90 Å².